The van der Waals surface area contributed by atoms with Gasteiger partial charge in [-0.1, -0.05) is 6.58 Å². The lowest BCUT2D eigenvalue weighted by Gasteiger charge is -2.32. The number of amides is 1. The number of likely N-dealkylation sites (tertiary alicyclic amines) is 1. The number of carbonyl (C=O) groups excluding carboxylic acids is 1. The normalized spacial score (nSPS) is 19.8. The molecule has 0 aliphatic carbocycles. The van der Waals surface area contributed by atoms with Crippen molar-refractivity contribution >= 4 is 15.9 Å². The first-order valence-corrected chi connectivity index (χ1v) is 8.01. The minimum Gasteiger partial charge on any atom is -0.459 e. The fourth-order valence-corrected chi connectivity index (χ4v) is 2.85. The molecule has 0 spiro atoms. The molecule has 1 amide bonds. The van der Waals surface area contributed by atoms with Gasteiger partial charge in [0.25, 0.3) is 5.91 Å². The maximum absolute atomic E-state index is 12.1. The topological polar surface area (TPSA) is 79.6 Å². The SMILES string of the molecule is C=CS(=O)(=O)NC[C@H]1CCCN(C(=O)c2ccco2)C1. The van der Waals surface area contributed by atoms with Crippen LogP contribution in [0.1, 0.15) is 23.4 Å². The molecule has 6 nitrogen and oxygen atoms in total. The Morgan fingerprint density at radius 1 is 1.60 bits per heavy atom. The van der Waals surface area contributed by atoms with Crippen molar-refractivity contribution in [1.29, 1.82) is 0 Å². The summed E-state index contributed by atoms with van der Waals surface area (Å²) in [7, 11) is -3.41. The van der Waals surface area contributed by atoms with Gasteiger partial charge < -0.3 is 9.32 Å². The van der Waals surface area contributed by atoms with Crippen molar-refractivity contribution in [2.24, 2.45) is 5.92 Å². The molecule has 110 valence electrons. The minimum absolute atomic E-state index is 0.109. The average Bonchev–Trinajstić information content (AvgIpc) is 2.99. The number of nitrogens with one attached hydrogen (secondary N) is 1. The zero-order valence-electron chi connectivity index (χ0n) is 11.1. The Balaban J connectivity index is 1.92. The van der Waals surface area contributed by atoms with Gasteiger partial charge in [-0.25, -0.2) is 13.1 Å². The molecule has 0 unspecified atom stereocenters. The molecular weight excluding hydrogens is 280 g/mol. The summed E-state index contributed by atoms with van der Waals surface area (Å²) in [6, 6.07) is 3.30. The van der Waals surface area contributed by atoms with E-state index in [0.717, 1.165) is 18.2 Å². The lowest BCUT2D eigenvalue weighted by atomic mass is 9.98. The molecule has 0 saturated carbocycles. The van der Waals surface area contributed by atoms with E-state index < -0.39 is 10.0 Å². The first-order valence-electron chi connectivity index (χ1n) is 6.47. The molecule has 1 N–H and O–H groups in total. The molecule has 1 atom stereocenters. The molecule has 0 aromatic carbocycles. The predicted octanol–water partition coefficient (Wildman–Crippen LogP) is 1.19. The van der Waals surface area contributed by atoms with Crippen LogP contribution >= 0.6 is 0 Å². The van der Waals surface area contributed by atoms with Crippen LogP contribution in [0.4, 0.5) is 0 Å². The van der Waals surface area contributed by atoms with Crippen LogP contribution in [-0.2, 0) is 10.0 Å². The molecule has 20 heavy (non-hydrogen) atoms. The van der Waals surface area contributed by atoms with Crippen molar-refractivity contribution < 1.29 is 17.6 Å². The fraction of sp³-hybridized carbons (Fsp3) is 0.462. The number of furan rings is 1. The summed E-state index contributed by atoms with van der Waals surface area (Å²) < 4.78 is 30.2. The summed E-state index contributed by atoms with van der Waals surface area (Å²) in [5.41, 5.74) is 0. The van der Waals surface area contributed by atoms with Gasteiger partial charge in [-0.2, -0.15) is 0 Å². The molecule has 1 fully saturated rings. The lowest BCUT2D eigenvalue weighted by Crippen LogP contribution is -2.43. The summed E-state index contributed by atoms with van der Waals surface area (Å²) in [5, 5.41) is 0.890. The van der Waals surface area contributed by atoms with Gasteiger partial charge in [0.1, 0.15) is 0 Å². The number of sulfonamides is 1. The molecule has 0 radical (unpaired) electrons. The fourth-order valence-electron chi connectivity index (χ4n) is 2.27. The van der Waals surface area contributed by atoms with Crippen LogP contribution in [0.15, 0.2) is 34.8 Å². The molecule has 1 aromatic heterocycles. The Morgan fingerprint density at radius 3 is 3.05 bits per heavy atom. The Hall–Kier alpha value is -1.60. The smallest absolute Gasteiger partial charge is 0.289 e. The second-order valence-electron chi connectivity index (χ2n) is 4.80. The third kappa shape index (κ3) is 3.71. The van der Waals surface area contributed by atoms with Crippen molar-refractivity contribution in [3.8, 4) is 0 Å². The van der Waals surface area contributed by atoms with Gasteiger partial charge in [-0.05, 0) is 30.9 Å². The van der Waals surface area contributed by atoms with E-state index in [2.05, 4.69) is 11.3 Å². The lowest BCUT2D eigenvalue weighted by molar-refractivity contribution is 0.0644. The van der Waals surface area contributed by atoms with E-state index in [-0.39, 0.29) is 11.8 Å². The highest BCUT2D eigenvalue weighted by atomic mass is 32.2. The Morgan fingerprint density at radius 2 is 2.40 bits per heavy atom. The number of piperidine rings is 1. The summed E-state index contributed by atoms with van der Waals surface area (Å²) in [6.45, 7) is 4.76. The molecule has 1 saturated heterocycles. The third-order valence-corrected chi connectivity index (χ3v) is 4.34. The first kappa shape index (κ1) is 14.8. The van der Waals surface area contributed by atoms with E-state index in [1.165, 1.54) is 6.26 Å². The summed E-state index contributed by atoms with van der Waals surface area (Å²) >= 11 is 0. The zero-order valence-corrected chi connectivity index (χ0v) is 11.9. The van der Waals surface area contributed by atoms with Crippen LogP contribution in [0.5, 0.6) is 0 Å². The second kappa shape index (κ2) is 6.23. The van der Waals surface area contributed by atoms with Gasteiger partial charge in [0.05, 0.1) is 6.26 Å². The standard InChI is InChI=1S/C13H18N2O4S/c1-2-20(17,18)14-9-11-5-3-7-15(10-11)13(16)12-6-4-8-19-12/h2,4,6,8,11,14H,1,3,5,7,9-10H2/t11-/m1/s1. The summed E-state index contributed by atoms with van der Waals surface area (Å²) in [6.07, 6.45) is 3.21. The van der Waals surface area contributed by atoms with Crippen LogP contribution in [0, 0.1) is 5.92 Å². The second-order valence-corrected chi connectivity index (χ2v) is 6.51. The highest BCUT2D eigenvalue weighted by Gasteiger charge is 2.26. The number of nitrogens with zero attached hydrogens (tertiary/aromatic N) is 1. The molecule has 2 rings (SSSR count). The van der Waals surface area contributed by atoms with Gasteiger partial charge in [-0.3, -0.25) is 4.79 Å². The van der Waals surface area contributed by atoms with Crippen LogP contribution in [0.25, 0.3) is 0 Å². The Bertz CT molecular complexity index is 565. The van der Waals surface area contributed by atoms with E-state index in [0.29, 0.717) is 25.4 Å². The van der Waals surface area contributed by atoms with Gasteiger partial charge in [0, 0.05) is 25.0 Å². The number of rotatable bonds is 5. The molecule has 7 heteroatoms. The van der Waals surface area contributed by atoms with E-state index in [1.54, 1.807) is 17.0 Å². The number of hydrogen-bond donors (Lipinski definition) is 1. The highest BCUT2D eigenvalue weighted by molar-refractivity contribution is 7.92. The van der Waals surface area contributed by atoms with Crippen LogP contribution in [0.3, 0.4) is 0 Å². The molecule has 1 aromatic rings. The van der Waals surface area contributed by atoms with Gasteiger partial charge in [0.15, 0.2) is 5.76 Å². The van der Waals surface area contributed by atoms with E-state index >= 15 is 0 Å². The van der Waals surface area contributed by atoms with E-state index in [4.69, 9.17) is 4.42 Å². The predicted molar refractivity (Wildman–Crippen MR) is 74.5 cm³/mol. The van der Waals surface area contributed by atoms with Crippen LogP contribution < -0.4 is 4.72 Å². The van der Waals surface area contributed by atoms with Crippen molar-refractivity contribution in [3.63, 3.8) is 0 Å². The number of hydrogen-bond acceptors (Lipinski definition) is 4. The Labute approximate surface area is 118 Å². The van der Waals surface area contributed by atoms with Crippen molar-refractivity contribution in [3.05, 3.63) is 36.1 Å². The van der Waals surface area contributed by atoms with Crippen molar-refractivity contribution in [2.75, 3.05) is 19.6 Å². The van der Waals surface area contributed by atoms with Gasteiger partial charge in [0.2, 0.25) is 10.0 Å². The van der Waals surface area contributed by atoms with Crippen LogP contribution in [-0.4, -0.2) is 38.9 Å². The Kier molecular flexibility index (Phi) is 4.61. The summed E-state index contributed by atoms with van der Waals surface area (Å²) in [4.78, 5) is 13.8. The maximum Gasteiger partial charge on any atom is 0.289 e. The third-order valence-electron chi connectivity index (χ3n) is 3.33. The largest absolute Gasteiger partial charge is 0.459 e. The van der Waals surface area contributed by atoms with Crippen LogP contribution in [0.2, 0.25) is 0 Å². The molecular formula is C13H18N2O4S. The highest BCUT2D eigenvalue weighted by Crippen LogP contribution is 2.18. The van der Waals surface area contributed by atoms with Crippen molar-refractivity contribution in [2.45, 2.75) is 12.8 Å². The molecule has 2 heterocycles. The zero-order chi connectivity index (χ0) is 14.6. The summed E-state index contributed by atoms with van der Waals surface area (Å²) in [5.74, 6) is 0.279. The van der Waals surface area contributed by atoms with Gasteiger partial charge >= 0.3 is 0 Å². The minimum atomic E-state index is -3.41. The molecule has 1 aliphatic heterocycles. The molecule has 0 bridgehead atoms. The molecule has 1 aliphatic rings. The van der Waals surface area contributed by atoms with Gasteiger partial charge in [-0.15, -0.1) is 0 Å². The van der Waals surface area contributed by atoms with Crippen molar-refractivity contribution in [1.82, 2.24) is 9.62 Å². The van der Waals surface area contributed by atoms with E-state index in [1.807, 2.05) is 0 Å². The quantitative estimate of drug-likeness (QED) is 0.885. The first-order chi connectivity index (χ1) is 9.52. The number of carbonyl (C=O) groups is 1. The monoisotopic (exact) mass is 298 g/mol. The maximum atomic E-state index is 12.1. The van der Waals surface area contributed by atoms with E-state index in [9.17, 15) is 13.2 Å². The average molecular weight is 298 g/mol.